The van der Waals surface area contributed by atoms with Crippen molar-refractivity contribution in [3.05, 3.63) is 11.7 Å². The molecule has 0 aliphatic carbocycles. The number of nitrogens with zero attached hydrogens (tertiary/aromatic N) is 2. The van der Waals surface area contributed by atoms with Crippen molar-refractivity contribution in [2.24, 2.45) is 0 Å². The summed E-state index contributed by atoms with van der Waals surface area (Å²) in [5.41, 5.74) is 3.64. The molecule has 1 radical (unpaired) electrons. The molecule has 0 fully saturated rings. The van der Waals surface area contributed by atoms with Crippen LogP contribution in [0.1, 0.15) is 0 Å². The molecule has 2 heterocycles. The molecule has 1 N–H and O–H groups in total. The molecule has 39 valence electrons. The van der Waals surface area contributed by atoms with Crippen LogP contribution >= 0.6 is 11.3 Å². The summed E-state index contributed by atoms with van der Waals surface area (Å²) in [6.45, 7) is 0. The van der Waals surface area contributed by atoms with Gasteiger partial charge in [-0.3, -0.25) is 5.10 Å². The van der Waals surface area contributed by atoms with E-state index in [2.05, 4.69) is 20.7 Å². The number of fused-ring (bicyclic) bond motifs is 1. The Morgan fingerprint density at radius 3 is 3.62 bits per heavy atom. The number of hydrogen-bond acceptors (Lipinski definition) is 3. The molecule has 2 aromatic heterocycles. The van der Waals surface area contributed by atoms with Crippen LogP contribution < -0.4 is 0 Å². The zero-order valence-electron chi connectivity index (χ0n) is 3.88. The molecule has 0 atom stereocenters. The fraction of sp³-hybridized carbons (Fsp3) is 0. The van der Waals surface area contributed by atoms with Gasteiger partial charge < -0.3 is 0 Å². The maximum atomic E-state index is 3.88. The summed E-state index contributed by atoms with van der Waals surface area (Å²) in [4.78, 5) is 4.87. The van der Waals surface area contributed by atoms with Crippen LogP contribution in [-0.2, 0) is 0 Å². The molecular weight excluding hydrogens is 122 g/mol. The van der Waals surface area contributed by atoms with Crippen LogP contribution in [0.3, 0.4) is 0 Å². The van der Waals surface area contributed by atoms with Gasteiger partial charge in [-0.25, -0.2) is 4.98 Å². The number of thiazole rings is 1. The van der Waals surface area contributed by atoms with Gasteiger partial charge in [0.25, 0.3) is 0 Å². The molecule has 0 aliphatic rings. The third-order valence-electron chi connectivity index (χ3n) is 0.899. The highest BCUT2D eigenvalue weighted by Crippen LogP contribution is 2.10. The van der Waals surface area contributed by atoms with Gasteiger partial charge in [-0.1, -0.05) is 11.3 Å². The molecule has 3 nitrogen and oxygen atoms in total. The number of hydrogen-bond donors (Lipinski definition) is 1. The number of aromatic amines is 1. The first-order valence-electron chi connectivity index (χ1n) is 2.13. The number of H-pyrrole nitrogens is 1. The summed E-state index contributed by atoms with van der Waals surface area (Å²) < 4.78 is 0. The maximum absolute atomic E-state index is 3.88. The summed E-state index contributed by atoms with van der Waals surface area (Å²) in [7, 11) is 0. The molecule has 0 bridgehead atoms. The molecule has 4 heteroatoms. The van der Waals surface area contributed by atoms with Crippen molar-refractivity contribution in [3.8, 4) is 0 Å². The van der Waals surface area contributed by atoms with Gasteiger partial charge in [0.1, 0.15) is 10.3 Å². The largest absolute Gasteiger partial charge is 0.266 e. The van der Waals surface area contributed by atoms with E-state index >= 15 is 0 Å². The van der Waals surface area contributed by atoms with E-state index in [4.69, 9.17) is 0 Å². The summed E-state index contributed by atoms with van der Waals surface area (Å²) >= 11 is 1.44. The monoisotopic (exact) mass is 124 g/mol. The van der Waals surface area contributed by atoms with Crippen LogP contribution in [0.25, 0.3) is 10.3 Å². The van der Waals surface area contributed by atoms with Crippen LogP contribution in [-0.4, -0.2) is 15.2 Å². The molecule has 0 aliphatic heterocycles. The first-order chi connectivity index (χ1) is 3.97. The third kappa shape index (κ3) is 0.376. The van der Waals surface area contributed by atoms with Crippen molar-refractivity contribution in [1.29, 1.82) is 0 Å². The SMILES string of the molecule is [c]1nc2cn[nH]c2s1. The molecule has 8 heavy (non-hydrogen) atoms. The second-order valence-corrected chi connectivity index (χ2v) is 2.18. The van der Waals surface area contributed by atoms with Gasteiger partial charge in [-0.2, -0.15) is 5.10 Å². The van der Waals surface area contributed by atoms with E-state index in [1.807, 2.05) is 0 Å². The molecule has 0 unspecified atom stereocenters. The zero-order valence-corrected chi connectivity index (χ0v) is 4.70. The van der Waals surface area contributed by atoms with Crippen LogP contribution in [0, 0.1) is 5.51 Å². The molecule has 0 aromatic carbocycles. The molecule has 0 amide bonds. The Kier molecular flexibility index (Phi) is 0.648. The number of nitrogens with one attached hydrogen (secondary N) is 1. The Morgan fingerprint density at radius 1 is 1.75 bits per heavy atom. The maximum Gasteiger partial charge on any atom is 0.155 e. The lowest BCUT2D eigenvalue weighted by Crippen LogP contribution is -1.57. The molecule has 0 saturated heterocycles. The smallest absolute Gasteiger partial charge is 0.155 e. The predicted molar refractivity (Wildman–Crippen MR) is 30.6 cm³/mol. The summed E-state index contributed by atoms with van der Waals surface area (Å²) in [6.07, 6.45) is 1.68. The van der Waals surface area contributed by atoms with E-state index in [0.717, 1.165) is 10.3 Å². The average Bonchev–Trinajstić information content (AvgIpc) is 2.15. The second kappa shape index (κ2) is 1.29. The Morgan fingerprint density at radius 2 is 2.75 bits per heavy atom. The van der Waals surface area contributed by atoms with Crippen molar-refractivity contribution >= 4 is 21.7 Å². The van der Waals surface area contributed by atoms with Crippen LogP contribution in [0.2, 0.25) is 0 Å². The highest BCUT2D eigenvalue weighted by molar-refractivity contribution is 7.15. The van der Waals surface area contributed by atoms with Crippen LogP contribution in [0.4, 0.5) is 0 Å². The summed E-state index contributed by atoms with van der Waals surface area (Å²) in [5, 5.41) is 6.54. The van der Waals surface area contributed by atoms with E-state index in [1.165, 1.54) is 11.3 Å². The van der Waals surface area contributed by atoms with Gasteiger partial charge in [0.15, 0.2) is 5.51 Å². The van der Waals surface area contributed by atoms with Crippen LogP contribution in [0.5, 0.6) is 0 Å². The van der Waals surface area contributed by atoms with Crippen LogP contribution in [0.15, 0.2) is 6.20 Å². The van der Waals surface area contributed by atoms with Crippen molar-refractivity contribution < 1.29 is 0 Å². The van der Waals surface area contributed by atoms with Crippen molar-refractivity contribution in [2.45, 2.75) is 0 Å². The van der Waals surface area contributed by atoms with Gasteiger partial charge in [0.2, 0.25) is 0 Å². The van der Waals surface area contributed by atoms with Gasteiger partial charge in [0.05, 0.1) is 6.20 Å². The zero-order chi connectivity index (χ0) is 5.40. The molecular formula is C4H2N3S. The fourth-order valence-electron chi connectivity index (χ4n) is 0.540. The number of aromatic nitrogens is 3. The standard InChI is InChI=1S/C4H2N3S/c1-3-4(7-6-1)8-2-5-3/h1H,(H,6,7). The lowest BCUT2D eigenvalue weighted by Gasteiger charge is -1.61. The van der Waals surface area contributed by atoms with Crippen molar-refractivity contribution in [1.82, 2.24) is 15.2 Å². The average molecular weight is 124 g/mol. The molecule has 2 aromatic rings. The minimum Gasteiger partial charge on any atom is -0.266 e. The molecule has 2 rings (SSSR count). The van der Waals surface area contributed by atoms with Gasteiger partial charge in [-0.05, 0) is 0 Å². The quantitative estimate of drug-likeness (QED) is 0.565. The normalized spacial score (nSPS) is 10.5. The Balaban J connectivity index is 3.06. The fourth-order valence-corrected chi connectivity index (χ4v) is 1.08. The Labute approximate surface area is 49.4 Å². The lowest BCUT2D eigenvalue weighted by molar-refractivity contribution is 1.12. The highest BCUT2D eigenvalue weighted by atomic mass is 32.1. The van der Waals surface area contributed by atoms with Gasteiger partial charge in [-0.15, -0.1) is 0 Å². The second-order valence-electron chi connectivity index (χ2n) is 1.39. The van der Waals surface area contributed by atoms with E-state index < -0.39 is 0 Å². The lowest BCUT2D eigenvalue weighted by atomic mass is 10.7. The highest BCUT2D eigenvalue weighted by Gasteiger charge is 1.93. The van der Waals surface area contributed by atoms with E-state index in [-0.39, 0.29) is 0 Å². The topological polar surface area (TPSA) is 41.6 Å². The van der Waals surface area contributed by atoms with E-state index in [1.54, 1.807) is 6.20 Å². The first-order valence-corrected chi connectivity index (χ1v) is 2.94. The summed E-state index contributed by atoms with van der Waals surface area (Å²) in [6, 6.07) is 0. The molecule has 0 saturated carbocycles. The minimum absolute atomic E-state index is 0.898. The number of rotatable bonds is 0. The van der Waals surface area contributed by atoms with Crippen molar-refractivity contribution in [3.63, 3.8) is 0 Å². The third-order valence-corrected chi connectivity index (χ3v) is 1.59. The Hall–Kier alpha value is -0.900. The summed E-state index contributed by atoms with van der Waals surface area (Å²) in [5.74, 6) is 0. The first kappa shape index (κ1) is 4.03. The molecule has 0 spiro atoms. The predicted octanol–water partition coefficient (Wildman–Crippen LogP) is 0.820. The van der Waals surface area contributed by atoms with Gasteiger partial charge in [0, 0.05) is 0 Å². The van der Waals surface area contributed by atoms with E-state index in [0.29, 0.717) is 0 Å². The van der Waals surface area contributed by atoms with E-state index in [9.17, 15) is 0 Å². The minimum atomic E-state index is 0.898. The Bertz CT molecular complexity index is 233. The van der Waals surface area contributed by atoms with Crippen molar-refractivity contribution in [2.75, 3.05) is 0 Å². The van der Waals surface area contributed by atoms with Gasteiger partial charge >= 0.3 is 0 Å².